The van der Waals surface area contributed by atoms with Gasteiger partial charge in [-0.25, -0.2) is 4.39 Å². The summed E-state index contributed by atoms with van der Waals surface area (Å²) in [6.07, 6.45) is 1.84. The summed E-state index contributed by atoms with van der Waals surface area (Å²) in [4.78, 5) is 2.33. The first-order valence-corrected chi connectivity index (χ1v) is 8.25. The zero-order valence-electron chi connectivity index (χ0n) is 12.5. The van der Waals surface area contributed by atoms with Crippen molar-refractivity contribution in [1.82, 2.24) is 10.2 Å². The average molecular weight is 329 g/mol. The van der Waals surface area contributed by atoms with Gasteiger partial charge in [-0.3, -0.25) is 4.90 Å². The van der Waals surface area contributed by atoms with Crippen LogP contribution in [-0.4, -0.2) is 49.4 Å². The first-order chi connectivity index (χ1) is 10.7. The third-order valence-electron chi connectivity index (χ3n) is 4.63. The van der Waals surface area contributed by atoms with Crippen molar-refractivity contribution in [3.63, 3.8) is 0 Å². The molecule has 6 heteroatoms. The van der Waals surface area contributed by atoms with E-state index in [1.807, 2.05) is 0 Å². The molecule has 2 saturated heterocycles. The molecule has 1 atom stereocenters. The number of hydrogen-bond acceptors (Lipinski definition) is 4. The minimum absolute atomic E-state index is 0.0121. The quantitative estimate of drug-likeness (QED) is 0.895. The van der Waals surface area contributed by atoms with E-state index in [1.54, 1.807) is 0 Å². The van der Waals surface area contributed by atoms with E-state index < -0.39 is 5.82 Å². The minimum Gasteiger partial charge on any atom is -0.506 e. The Labute approximate surface area is 135 Å². The van der Waals surface area contributed by atoms with E-state index in [0.29, 0.717) is 11.5 Å². The third kappa shape index (κ3) is 3.38. The molecule has 4 nitrogen and oxygen atoms in total. The van der Waals surface area contributed by atoms with Gasteiger partial charge in [0.05, 0.1) is 5.02 Å². The summed E-state index contributed by atoms with van der Waals surface area (Å²) in [7, 11) is 0. The van der Waals surface area contributed by atoms with Crippen molar-refractivity contribution in [3.05, 3.63) is 28.5 Å². The predicted molar refractivity (Wildman–Crippen MR) is 83.8 cm³/mol. The highest BCUT2D eigenvalue weighted by Gasteiger charge is 2.33. The van der Waals surface area contributed by atoms with E-state index in [-0.39, 0.29) is 16.8 Å². The van der Waals surface area contributed by atoms with Gasteiger partial charge in [0.1, 0.15) is 11.6 Å². The second kappa shape index (κ2) is 7.13. The Morgan fingerprint density at radius 1 is 1.27 bits per heavy atom. The van der Waals surface area contributed by atoms with E-state index in [9.17, 15) is 9.50 Å². The third-order valence-corrected chi connectivity index (χ3v) is 4.92. The van der Waals surface area contributed by atoms with Crippen LogP contribution in [0.2, 0.25) is 5.02 Å². The Bertz CT molecular complexity index is 499. The second-order valence-corrected chi connectivity index (χ2v) is 6.41. The molecule has 122 valence electrons. The number of phenolic OH excluding ortho intramolecular Hbond substituents is 1. The molecule has 0 radical (unpaired) electrons. The molecule has 0 bridgehead atoms. The Kier molecular flexibility index (Phi) is 5.18. The molecule has 2 fully saturated rings. The smallest absolute Gasteiger partial charge is 0.139 e. The highest BCUT2D eigenvalue weighted by atomic mass is 35.5. The second-order valence-electron chi connectivity index (χ2n) is 6.01. The highest BCUT2D eigenvalue weighted by molar-refractivity contribution is 6.32. The number of piperazine rings is 1. The Balaban J connectivity index is 1.96. The molecule has 22 heavy (non-hydrogen) atoms. The van der Waals surface area contributed by atoms with E-state index in [4.69, 9.17) is 16.3 Å². The summed E-state index contributed by atoms with van der Waals surface area (Å²) in [6, 6.07) is 2.59. The van der Waals surface area contributed by atoms with Crippen LogP contribution in [0.15, 0.2) is 12.1 Å². The predicted octanol–water partition coefficient (Wildman–Crippen LogP) is 2.56. The van der Waals surface area contributed by atoms with Gasteiger partial charge in [0, 0.05) is 51.0 Å². The lowest BCUT2D eigenvalue weighted by molar-refractivity contribution is 0.0206. The lowest BCUT2D eigenvalue weighted by atomic mass is 9.85. The number of rotatable bonds is 3. The van der Waals surface area contributed by atoms with Gasteiger partial charge in [0.2, 0.25) is 0 Å². The molecule has 0 spiro atoms. The number of phenols is 1. The van der Waals surface area contributed by atoms with Crippen LogP contribution in [0, 0.1) is 11.7 Å². The van der Waals surface area contributed by atoms with Crippen LogP contribution in [0.3, 0.4) is 0 Å². The molecule has 0 unspecified atom stereocenters. The number of nitrogens with zero attached hydrogens (tertiary/aromatic N) is 1. The van der Waals surface area contributed by atoms with Gasteiger partial charge >= 0.3 is 0 Å². The standard InChI is InChI=1S/C16H22ClFN2O2/c17-14-10-12(18)9-13(16(14)21)15(11-1-7-22-8-2-11)20-5-3-19-4-6-20/h9-11,15,19,21H,1-8H2/t15-/m0/s1. The monoisotopic (exact) mass is 328 g/mol. The zero-order chi connectivity index (χ0) is 15.5. The lowest BCUT2D eigenvalue weighted by Gasteiger charge is -2.41. The summed E-state index contributed by atoms with van der Waals surface area (Å²) in [5.41, 5.74) is 0.610. The molecule has 0 aromatic heterocycles. The maximum Gasteiger partial charge on any atom is 0.139 e. The summed E-state index contributed by atoms with van der Waals surface area (Å²) < 4.78 is 19.3. The van der Waals surface area contributed by atoms with Gasteiger partial charge in [0.25, 0.3) is 0 Å². The molecule has 0 amide bonds. The van der Waals surface area contributed by atoms with Crippen LogP contribution < -0.4 is 5.32 Å². The van der Waals surface area contributed by atoms with Gasteiger partial charge in [0.15, 0.2) is 0 Å². The number of nitrogens with one attached hydrogen (secondary N) is 1. The maximum absolute atomic E-state index is 13.9. The zero-order valence-corrected chi connectivity index (χ0v) is 13.3. The summed E-state index contributed by atoms with van der Waals surface area (Å²) in [6.45, 7) is 5.02. The molecule has 2 heterocycles. The van der Waals surface area contributed by atoms with Crippen molar-refractivity contribution in [2.24, 2.45) is 5.92 Å². The Morgan fingerprint density at radius 3 is 2.64 bits per heavy atom. The number of halogens is 2. The molecule has 3 rings (SSSR count). The molecule has 0 aliphatic carbocycles. The SMILES string of the molecule is Oc1c(Cl)cc(F)cc1[C@H](C1CCOCC1)N1CCNCC1. The molecule has 2 aliphatic heterocycles. The lowest BCUT2D eigenvalue weighted by Crippen LogP contribution is -2.47. The van der Waals surface area contributed by atoms with Crippen LogP contribution in [0.5, 0.6) is 5.75 Å². The molecule has 2 N–H and O–H groups in total. The summed E-state index contributed by atoms with van der Waals surface area (Å²) in [5.74, 6) is -0.0429. The van der Waals surface area contributed by atoms with Crippen LogP contribution in [0.25, 0.3) is 0 Å². The fourth-order valence-corrected chi connectivity index (χ4v) is 3.77. The molecular formula is C16H22ClFN2O2. The highest BCUT2D eigenvalue weighted by Crippen LogP contribution is 2.42. The Morgan fingerprint density at radius 2 is 1.95 bits per heavy atom. The minimum atomic E-state index is -0.398. The van der Waals surface area contributed by atoms with Crippen LogP contribution in [0.4, 0.5) is 4.39 Å². The van der Waals surface area contributed by atoms with Crippen molar-refractivity contribution in [2.75, 3.05) is 39.4 Å². The van der Waals surface area contributed by atoms with Gasteiger partial charge in [-0.1, -0.05) is 11.6 Å². The number of hydrogen-bond donors (Lipinski definition) is 2. The average Bonchev–Trinajstić information content (AvgIpc) is 2.54. The van der Waals surface area contributed by atoms with Crippen molar-refractivity contribution >= 4 is 11.6 Å². The van der Waals surface area contributed by atoms with Gasteiger partial charge < -0.3 is 15.2 Å². The van der Waals surface area contributed by atoms with Gasteiger partial charge in [-0.05, 0) is 30.9 Å². The summed E-state index contributed by atoms with van der Waals surface area (Å²) >= 11 is 6.00. The topological polar surface area (TPSA) is 44.7 Å². The van der Waals surface area contributed by atoms with E-state index >= 15 is 0 Å². The summed E-state index contributed by atoms with van der Waals surface area (Å²) in [5, 5.41) is 13.8. The number of aromatic hydroxyl groups is 1. The fourth-order valence-electron chi connectivity index (χ4n) is 3.55. The van der Waals surface area contributed by atoms with Crippen LogP contribution >= 0.6 is 11.6 Å². The van der Waals surface area contributed by atoms with E-state index in [2.05, 4.69) is 10.2 Å². The van der Waals surface area contributed by atoms with Crippen molar-refractivity contribution in [2.45, 2.75) is 18.9 Å². The first-order valence-electron chi connectivity index (χ1n) is 7.87. The molecule has 0 saturated carbocycles. The number of ether oxygens (including phenoxy) is 1. The van der Waals surface area contributed by atoms with Crippen molar-refractivity contribution < 1.29 is 14.2 Å². The largest absolute Gasteiger partial charge is 0.506 e. The normalized spacial score (nSPS) is 22.6. The Hall–Kier alpha value is -0.880. The number of benzene rings is 1. The van der Waals surface area contributed by atoms with Crippen LogP contribution in [0.1, 0.15) is 24.4 Å². The fraction of sp³-hybridized carbons (Fsp3) is 0.625. The van der Waals surface area contributed by atoms with E-state index in [1.165, 1.54) is 12.1 Å². The van der Waals surface area contributed by atoms with E-state index in [0.717, 1.165) is 52.2 Å². The van der Waals surface area contributed by atoms with Crippen molar-refractivity contribution in [3.8, 4) is 5.75 Å². The molecule has 2 aliphatic rings. The first kappa shape index (κ1) is 16.0. The molecule has 1 aromatic carbocycles. The van der Waals surface area contributed by atoms with Gasteiger partial charge in [-0.15, -0.1) is 0 Å². The molecular weight excluding hydrogens is 307 g/mol. The van der Waals surface area contributed by atoms with Crippen molar-refractivity contribution in [1.29, 1.82) is 0 Å². The molecule has 1 aromatic rings. The maximum atomic E-state index is 13.9. The van der Waals surface area contributed by atoms with Crippen LogP contribution in [-0.2, 0) is 4.74 Å². The van der Waals surface area contributed by atoms with Gasteiger partial charge in [-0.2, -0.15) is 0 Å².